The molecule has 1 aromatic carbocycles. The number of rotatable bonds is 7. The zero-order chi connectivity index (χ0) is 18.3. The van der Waals surface area contributed by atoms with E-state index in [9.17, 15) is 22.8 Å². The number of esters is 2. The summed E-state index contributed by atoms with van der Waals surface area (Å²) >= 11 is 0. The van der Waals surface area contributed by atoms with Gasteiger partial charge < -0.3 is 14.8 Å². The maximum absolute atomic E-state index is 11.9. The van der Waals surface area contributed by atoms with Crippen molar-refractivity contribution < 1.29 is 32.3 Å². The van der Waals surface area contributed by atoms with Crippen molar-refractivity contribution in [2.24, 2.45) is 0 Å². The van der Waals surface area contributed by atoms with Gasteiger partial charge >= 0.3 is 11.9 Å². The number of carbonyl (C=O) groups excluding carboxylic acids is 3. The van der Waals surface area contributed by atoms with Gasteiger partial charge in [0.05, 0.1) is 17.6 Å². The summed E-state index contributed by atoms with van der Waals surface area (Å²) in [6.45, 7) is -0.905. The second-order valence-corrected chi connectivity index (χ2v) is 6.89. The van der Waals surface area contributed by atoms with Crippen LogP contribution in [-0.4, -0.2) is 64.9 Å². The van der Waals surface area contributed by atoms with E-state index in [0.29, 0.717) is 0 Å². The van der Waals surface area contributed by atoms with Crippen LogP contribution in [0.5, 0.6) is 0 Å². The van der Waals surface area contributed by atoms with Crippen molar-refractivity contribution in [2.75, 3.05) is 34.4 Å². The molecular formula is C14H18N2O7S. The molecule has 0 unspecified atom stereocenters. The SMILES string of the molecule is COC(=O)CNC(=O)COC(=O)c1ccc(S(=O)(=O)N(C)C)cc1. The van der Waals surface area contributed by atoms with E-state index in [-0.39, 0.29) is 17.0 Å². The van der Waals surface area contributed by atoms with Gasteiger partial charge in [0.25, 0.3) is 5.91 Å². The zero-order valence-electron chi connectivity index (χ0n) is 13.4. The van der Waals surface area contributed by atoms with Crippen molar-refractivity contribution in [3.05, 3.63) is 29.8 Å². The summed E-state index contributed by atoms with van der Waals surface area (Å²) in [7, 11) is 0.372. The number of benzene rings is 1. The predicted octanol–water partition coefficient (Wildman–Crippen LogP) is -0.617. The Kier molecular flexibility index (Phi) is 6.86. The maximum atomic E-state index is 11.9. The average Bonchev–Trinajstić information content (AvgIpc) is 2.57. The summed E-state index contributed by atoms with van der Waals surface area (Å²) in [6, 6.07) is 5.10. The molecule has 0 aromatic heterocycles. The minimum Gasteiger partial charge on any atom is -0.468 e. The standard InChI is InChI=1S/C14H18N2O7S/c1-16(2)24(20,21)11-6-4-10(5-7-11)14(19)23-9-12(17)15-8-13(18)22-3/h4-7H,8-9H2,1-3H3,(H,15,17). The van der Waals surface area contributed by atoms with E-state index in [1.807, 2.05) is 0 Å². The monoisotopic (exact) mass is 358 g/mol. The highest BCUT2D eigenvalue weighted by Crippen LogP contribution is 2.14. The molecule has 0 radical (unpaired) electrons. The van der Waals surface area contributed by atoms with E-state index in [4.69, 9.17) is 4.74 Å². The molecule has 24 heavy (non-hydrogen) atoms. The fourth-order valence-electron chi connectivity index (χ4n) is 1.48. The second kappa shape index (κ2) is 8.41. The Morgan fingerprint density at radius 1 is 1.12 bits per heavy atom. The molecule has 1 aromatic rings. The van der Waals surface area contributed by atoms with Crippen molar-refractivity contribution in [1.82, 2.24) is 9.62 Å². The van der Waals surface area contributed by atoms with Crippen LogP contribution in [0.1, 0.15) is 10.4 Å². The molecule has 0 aliphatic rings. The average molecular weight is 358 g/mol. The molecule has 0 aliphatic heterocycles. The molecule has 0 atom stereocenters. The summed E-state index contributed by atoms with van der Waals surface area (Å²) in [5, 5.41) is 2.21. The summed E-state index contributed by atoms with van der Waals surface area (Å²) in [5.74, 6) is -2.09. The van der Waals surface area contributed by atoms with E-state index in [2.05, 4.69) is 10.1 Å². The molecule has 9 nitrogen and oxygen atoms in total. The Morgan fingerprint density at radius 2 is 1.71 bits per heavy atom. The third kappa shape index (κ3) is 5.32. The third-order valence-corrected chi connectivity index (χ3v) is 4.69. The molecular weight excluding hydrogens is 340 g/mol. The van der Waals surface area contributed by atoms with Gasteiger partial charge in [-0.3, -0.25) is 9.59 Å². The number of amides is 1. The van der Waals surface area contributed by atoms with Crippen molar-refractivity contribution in [3.8, 4) is 0 Å². The van der Waals surface area contributed by atoms with Gasteiger partial charge in [-0.1, -0.05) is 0 Å². The van der Waals surface area contributed by atoms with Gasteiger partial charge in [-0.25, -0.2) is 17.5 Å². The van der Waals surface area contributed by atoms with E-state index < -0.39 is 34.5 Å². The first kappa shape index (κ1) is 19.6. The Labute approximate surface area is 139 Å². The van der Waals surface area contributed by atoms with Gasteiger partial charge in [0.15, 0.2) is 6.61 Å². The molecule has 0 spiro atoms. The Morgan fingerprint density at radius 3 is 2.21 bits per heavy atom. The van der Waals surface area contributed by atoms with Crippen LogP contribution in [0.4, 0.5) is 0 Å². The van der Waals surface area contributed by atoms with Crippen molar-refractivity contribution in [2.45, 2.75) is 4.90 Å². The van der Waals surface area contributed by atoms with Gasteiger partial charge in [-0.2, -0.15) is 0 Å². The van der Waals surface area contributed by atoms with E-state index in [1.165, 1.54) is 45.5 Å². The Bertz CT molecular complexity index is 711. The number of ether oxygens (including phenoxy) is 2. The van der Waals surface area contributed by atoms with Gasteiger partial charge in [0, 0.05) is 14.1 Å². The highest BCUT2D eigenvalue weighted by molar-refractivity contribution is 7.89. The van der Waals surface area contributed by atoms with Crippen molar-refractivity contribution >= 4 is 27.9 Å². The van der Waals surface area contributed by atoms with Gasteiger partial charge in [-0.15, -0.1) is 0 Å². The summed E-state index contributed by atoms with van der Waals surface area (Å²) in [4.78, 5) is 34.0. The highest BCUT2D eigenvalue weighted by Gasteiger charge is 2.18. The predicted molar refractivity (Wildman–Crippen MR) is 82.6 cm³/mol. The Balaban J connectivity index is 2.60. The molecule has 0 saturated heterocycles. The quantitative estimate of drug-likeness (QED) is 0.645. The molecule has 1 N–H and O–H groups in total. The number of hydrogen-bond donors (Lipinski definition) is 1. The van der Waals surface area contributed by atoms with Crippen LogP contribution in [0, 0.1) is 0 Å². The number of carbonyl (C=O) groups is 3. The summed E-state index contributed by atoms with van der Waals surface area (Å²) in [6.07, 6.45) is 0. The normalized spacial score (nSPS) is 11.0. The third-order valence-electron chi connectivity index (χ3n) is 2.86. The number of nitrogens with one attached hydrogen (secondary N) is 1. The molecule has 0 fully saturated rings. The minimum absolute atomic E-state index is 0.0277. The molecule has 0 heterocycles. The van der Waals surface area contributed by atoms with Crippen LogP contribution in [0.3, 0.4) is 0 Å². The van der Waals surface area contributed by atoms with Crippen LogP contribution < -0.4 is 5.32 Å². The van der Waals surface area contributed by atoms with Crippen LogP contribution in [-0.2, 0) is 29.1 Å². The smallest absolute Gasteiger partial charge is 0.338 e. The fraction of sp³-hybridized carbons (Fsp3) is 0.357. The second-order valence-electron chi connectivity index (χ2n) is 4.74. The number of nitrogens with zero attached hydrogens (tertiary/aromatic N) is 1. The lowest BCUT2D eigenvalue weighted by Gasteiger charge is -2.11. The molecule has 0 saturated carbocycles. The molecule has 1 rings (SSSR count). The van der Waals surface area contributed by atoms with Gasteiger partial charge in [-0.05, 0) is 24.3 Å². The van der Waals surface area contributed by atoms with E-state index >= 15 is 0 Å². The van der Waals surface area contributed by atoms with Crippen LogP contribution >= 0.6 is 0 Å². The largest absolute Gasteiger partial charge is 0.468 e. The molecule has 132 valence electrons. The number of sulfonamides is 1. The fourth-order valence-corrected chi connectivity index (χ4v) is 2.38. The first-order chi connectivity index (χ1) is 11.2. The van der Waals surface area contributed by atoms with Gasteiger partial charge in [0.2, 0.25) is 10.0 Å². The van der Waals surface area contributed by atoms with Gasteiger partial charge in [0.1, 0.15) is 6.54 Å². The molecule has 0 bridgehead atoms. The maximum Gasteiger partial charge on any atom is 0.338 e. The van der Waals surface area contributed by atoms with Crippen LogP contribution in [0.2, 0.25) is 0 Å². The van der Waals surface area contributed by atoms with E-state index in [1.54, 1.807) is 0 Å². The van der Waals surface area contributed by atoms with Crippen LogP contribution in [0.25, 0.3) is 0 Å². The van der Waals surface area contributed by atoms with Crippen molar-refractivity contribution in [3.63, 3.8) is 0 Å². The molecule has 1 amide bonds. The summed E-state index contributed by atoms with van der Waals surface area (Å²) < 4.78 is 33.9. The highest BCUT2D eigenvalue weighted by atomic mass is 32.2. The topological polar surface area (TPSA) is 119 Å². The number of methoxy groups -OCH3 is 1. The lowest BCUT2D eigenvalue weighted by Crippen LogP contribution is -2.33. The molecule has 0 aliphatic carbocycles. The first-order valence-corrected chi connectivity index (χ1v) is 8.15. The van der Waals surface area contributed by atoms with Crippen molar-refractivity contribution in [1.29, 1.82) is 0 Å². The summed E-state index contributed by atoms with van der Waals surface area (Å²) in [5.41, 5.74) is 0.0912. The first-order valence-electron chi connectivity index (χ1n) is 6.71. The van der Waals surface area contributed by atoms with Crippen LogP contribution in [0.15, 0.2) is 29.2 Å². The molecule has 10 heteroatoms. The lowest BCUT2D eigenvalue weighted by atomic mass is 10.2. The van der Waals surface area contributed by atoms with E-state index in [0.717, 1.165) is 4.31 Å². The Hall–Kier alpha value is -2.46. The number of hydrogen-bond acceptors (Lipinski definition) is 7. The lowest BCUT2D eigenvalue weighted by molar-refractivity contribution is -0.141. The zero-order valence-corrected chi connectivity index (χ0v) is 14.3. The minimum atomic E-state index is -3.59.